The quantitative estimate of drug-likeness (QED) is 0.476. The first-order chi connectivity index (χ1) is 10.9. The van der Waals surface area contributed by atoms with Gasteiger partial charge >= 0.3 is 0 Å². The van der Waals surface area contributed by atoms with Gasteiger partial charge in [-0.05, 0) is 48.2 Å². The molecule has 7 heteroatoms. The number of para-hydroxylation sites is 1. The van der Waals surface area contributed by atoms with Gasteiger partial charge in [0.2, 0.25) is 11.8 Å². The van der Waals surface area contributed by atoms with Gasteiger partial charge < -0.3 is 0 Å². The second-order valence-corrected chi connectivity index (χ2v) is 6.09. The first kappa shape index (κ1) is 15.9. The van der Waals surface area contributed by atoms with E-state index in [9.17, 15) is 19.2 Å². The largest absolute Gasteiger partial charge is 0.276 e. The van der Waals surface area contributed by atoms with Gasteiger partial charge in [-0.15, -0.1) is 0 Å². The molecule has 2 unspecified atom stereocenters. The molecule has 2 atom stereocenters. The van der Waals surface area contributed by atoms with Crippen molar-refractivity contribution >= 4 is 51.2 Å². The molecule has 1 aliphatic heterocycles. The average molecular weight is 352 g/mol. The van der Waals surface area contributed by atoms with E-state index < -0.39 is 34.1 Å². The predicted molar refractivity (Wildman–Crippen MR) is 84.7 cm³/mol. The summed E-state index contributed by atoms with van der Waals surface area (Å²) < 4.78 is 0. The van der Waals surface area contributed by atoms with Crippen LogP contribution in [0.2, 0.25) is 0 Å². The highest BCUT2D eigenvalue weighted by molar-refractivity contribution is 6.70. The van der Waals surface area contributed by atoms with Crippen molar-refractivity contribution in [2.75, 3.05) is 4.90 Å². The summed E-state index contributed by atoms with van der Waals surface area (Å²) in [6.45, 7) is 0. The zero-order chi connectivity index (χ0) is 16.7. The molecule has 1 saturated heterocycles. The molecular formula is C16H11Cl2NO4. The van der Waals surface area contributed by atoms with Crippen molar-refractivity contribution in [3.05, 3.63) is 41.5 Å². The van der Waals surface area contributed by atoms with Crippen LogP contribution in [0, 0.1) is 11.8 Å². The summed E-state index contributed by atoms with van der Waals surface area (Å²) in [6.07, 6.45) is 4.79. The molecule has 118 valence electrons. The van der Waals surface area contributed by atoms with E-state index in [0.29, 0.717) is 12.8 Å². The van der Waals surface area contributed by atoms with Crippen molar-refractivity contribution in [2.45, 2.75) is 12.8 Å². The number of imide groups is 1. The van der Waals surface area contributed by atoms with E-state index in [1.165, 1.54) is 18.2 Å². The van der Waals surface area contributed by atoms with E-state index in [4.69, 9.17) is 23.2 Å². The molecule has 1 aliphatic carbocycles. The van der Waals surface area contributed by atoms with Gasteiger partial charge in [0.15, 0.2) is 0 Å². The van der Waals surface area contributed by atoms with Gasteiger partial charge in [-0.3, -0.25) is 19.2 Å². The number of rotatable bonds is 3. The minimum absolute atomic E-state index is 0.0949. The van der Waals surface area contributed by atoms with Crippen molar-refractivity contribution in [3.63, 3.8) is 0 Å². The zero-order valence-corrected chi connectivity index (χ0v) is 13.3. The molecular weight excluding hydrogens is 341 g/mol. The molecule has 5 nitrogen and oxygen atoms in total. The third kappa shape index (κ3) is 2.50. The van der Waals surface area contributed by atoms with Gasteiger partial charge in [0, 0.05) is 0 Å². The highest BCUT2D eigenvalue weighted by Gasteiger charge is 2.49. The molecule has 3 rings (SSSR count). The van der Waals surface area contributed by atoms with Gasteiger partial charge in [0.25, 0.3) is 10.5 Å². The molecule has 1 heterocycles. The van der Waals surface area contributed by atoms with Gasteiger partial charge in [-0.2, -0.15) is 0 Å². The van der Waals surface area contributed by atoms with E-state index in [1.54, 1.807) is 6.08 Å². The number of hydrogen-bond acceptors (Lipinski definition) is 4. The first-order valence-electron chi connectivity index (χ1n) is 7.00. The molecule has 0 N–H and O–H groups in total. The second kappa shape index (κ2) is 5.91. The number of halogens is 2. The Morgan fingerprint density at radius 1 is 1.04 bits per heavy atom. The number of allylic oxidation sites excluding steroid dienone is 1. The molecule has 23 heavy (non-hydrogen) atoms. The Bertz CT molecular complexity index is 739. The Morgan fingerprint density at radius 3 is 2.17 bits per heavy atom. The molecule has 0 bridgehead atoms. The van der Waals surface area contributed by atoms with Crippen LogP contribution in [-0.2, 0) is 9.59 Å². The number of amides is 2. The number of nitrogens with zero attached hydrogens (tertiary/aromatic N) is 1. The Balaban J connectivity index is 2.20. The fraction of sp³-hybridized carbons (Fsp3) is 0.250. The van der Waals surface area contributed by atoms with Crippen molar-refractivity contribution in [2.24, 2.45) is 11.8 Å². The summed E-state index contributed by atoms with van der Waals surface area (Å²) >= 11 is 11.1. The lowest BCUT2D eigenvalue weighted by atomic mass is 9.86. The maximum Gasteiger partial charge on any atom is 0.254 e. The highest BCUT2D eigenvalue weighted by atomic mass is 35.5. The SMILES string of the molecule is O=C(Cl)c1cccc(C(=O)Cl)c1N1C(=O)C2C=CCCC2C1=O. The van der Waals surface area contributed by atoms with Gasteiger partial charge in [0.1, 0.15) is 0 Å². The lowest BCUT2D eigenvalue weighted by Gasteiger charge is -2.19. The van der Waals surface area contributed by atoms with Crippen molar-refractivity contribution in [1.82, 2.24) is 0 Å². The number of fused-ring (bicyclic) bond motifs is 1. The number of benzene rings is 1. The molecule has 1 aromatic rings. The molecule has 0 saturated carbocycles. The fourth-order valence-corrected chi connectivity index (χ4v) is 3.41. The van der Waals surface area contributed by atoms with Crippen molar-refractivity contribution in [3.8, 4) is 0 Å². The number of hydrogen-bond donors (Lipinski definition) is 0. The maximum atomic E-state index is 12.7. The molecule has 1 fully saturated rings. The Morgan fingerprint density at radius 2 is 1.65 bits per heavy atom. The van der Waals surface area contributed by atoms with Crippen LogP contribution in [0.25, 0.3) is 0 Å². The van der Waals surface area contributed by atoms with E-state index in [2.05, 4.69) is 0 Å². The molecule has 2 amide bonds. The summed E-state index contributed by atoms with van der Waals surface area (Å²) in [4.78, 5) is 49.5. The fourth-order valence-electron chi connectivity index (χ4n) is 3.11. The summed E-state index contributed by atoms with van der Waals surface area (Å²) in [7, 11) is 0. The minimum atomic E-state index is -0.870. The molecule has 0 spiro atoms. The average Bonchev–Trinajstić information content (AvgIpc) is 2.78. The maximum absolute atomic E-state index is 12.7. The van der Waals surface area contributed by atoms with E-state index >= 15 is 0 Å². The van der Waals surface area contributed by atoms with Crippen LogP contribution in [-0.4, -0.2) is 22.3 Å². The molecule has 1 aromatic carbocycles. The zero-order valence-electron chi connectivity index (χ0n) is 11.8. The van der Waals surface area contributed by atoms with Crippen LogP contribution < -0.4 is 4.90 Å². The van der Waals surface area contributed by atoms with Crippen molar-refractivity contribution < 1.29 is 19.2 Å². The summed E-state index contributed by atoms with van der Waals surface area (Å²) in [5, 5.41) is -1.74. The monoisotopic (exact) mass is 351 g/mol. The minimum Gasteiger partial charge on any atom is -0.276 e. The number of carbonyl (C=O) groups excluding carboxylic acids is 4. The normalized spacial score (nSPS) is 23.1. The third-order valence-corrected chi connectivity index (χ3v) is 4.55. The molecule has 2 aliphatic rings. The van der Waals surface area contributed by atoms with Crippen molar-refractivity contribution in [1.29, 1.82) is 0 Å². The summed E-state index contributed by atoms with van der Waals surface area (Å²) in [5.41, 5.74) is -0.310. The highest BCUT2D eigenvalue weighted by Crippen LogP contribution is 2.40. The molecule has 0 radical (unpaired) electrons. The number of anilines is 1. The first-order valence-corrected chi connectivity index (χ1v) is 7.76. The third-order valence-electron chi connectivity index (χ3n) is 4.15. The van der Waals surface area contributed by atoms with Crippen LogP contribution in [0.15, 0.2) is 30.4 Å². The van der Waals surface area contributed by atoms with Crippen LogP contribution in [0.1, 0.15) is 33.6 Å². The Labute approximate surface area is 141 Å². The summed E-state index contributed by atoms with van der Waals surface area (Å²) in [5.74, 6) is -1.97. The van der Waals surface area contributed by atoms with Crippen LogP contribution in [0.3, 0.4) is 0 Å². The standard InChI is InChI=1S/C16H11Cl2NO4/c17-13(20)10-6-3-7-11(14(18)21)12(10)19-15(22)8-4-1-2-5-9(8)16(19)23/h1,3-4,6-9H,2,5H2. The summed E-state index contributed by atoms with van der Waals surface area (Å²) in [6, 6.07) is 4.13. The predicted octanol–water partition coefficient (Wildman–Crippen LogP) is 2.90. The van der Waals surface area contributed by atoms with Crippen LogP contribution in [0.4, 0.5) is 5.69 Å². The van der Waals surface area contributed by atoms with Crippen LogP contribution in [0.5, 0.6) is 0 Å². The van der Waals surface area contributed by atoms with Gasteiger partial charge in [-0.25, -0.2) is 4.90 Å². The van der Waals surface area contributed by atoms with Gasteiger partial charge in [0.05, 0.1) is 28.7 Å². The smallest absolute Gasteiger partial charge is 0.254 e. The number of carbonyl (C=O) groups is 4. The van der Waals surface area contributed by atoms with E-state index in [1.807, 2.05) is 6.08 Å². The lowest BCUT2D eigenvalue weighted by molar-refractivity contribution is -0.122. The van der Waals surface area contributed by atoms with Crippen LogP contribution >= 0.6 is 23.2 Å². The van der Waals surface area contributed by atoms with E-state index in [0.717, 1.165) is 4.90 Å². The molecule has 0 aromatic heterocycles. The Hall–Kier alpha value is -1.98. The lowest BCUT2D eigenvalue weighted by Crippen LogP contribution is -2.33. The van der Waals surface area contributed by atoms with Gasteiger partial charge in [-0.1, -0.05) is 18.2 Å². The van der Waals surface area contributed by atoms with E-state index in [-0.39, 0.29) is 16.8 Å². The topological polar surface area (TPSA) is 71.5 Å². The Kier molecular flexibility index (Phi) is 4.08. The second-order valence-electron chi connectivity index (χ2n) is 5.40.